The van der Waals surface area contributed by atoms with Gasteiger partial charge in [0.1, 0.15) is 5.75 Å². The number of hydrogen-bond acceptors (Lipinski definition) is 5. The second-order valence-corrected chi connectivity index (χ2v) is 6.85. The summed E-state index contributed by atoms with van der Waals surface area (Å²) in [6.07, 6.45) is 6.66. The lowest BCUT2D eigenvalue weighted by molar-refractivity contribution is -0.139. The number of rotatable bonds is 14. The quantitative estimate of drug-likeness (QED) is 0.222. The number of phenols is 1. The molecule has 0 amide bonds. The van der Waals surface area contributed by atoms with Crippen molar-refractivity contribution in [2.75, 3.05) is 0 Å². The number of hydrogen-bond donors (Lipinski definition) is 4. The lowest BCUT2D eigenvalue weighted by atomic mass is 10.0. The van der Waals surface area contributed by atoms with Crippen molar-refractivity contribution in [2.45, 2.75) is 70.3 Å². The molecule has 1 aromatic carbocycles. The normalized spacial score (nSPS) is 12.7. The molecule has 1 aromatic rings. The van der Waals surface area contributed by atoms with Gasteiger partial charge in [-0.3, -0.25) is 9.59 Å². The number of aromatic hydroxyl groups is 1. The highest BCUT2D eigenvalue weighted by Gasteiger charge is 2.13. The highest BCUT2D eigenvalue weighted by atomic mass is 16.4. The van der Waals surface area contributed by atoms with Crippen LogP contribution in [0.15, 0.2) is 36.1 Å². The zero-order chi connectivity index (χ0) is 20.1. The molecule has 27 heavy (non-hydrogen) atoms. The largest absolute Gasteiger partial charge is 0.512 e. The van der Waals surface area contributed by atoms with E-state index in [1.807, 2.05) is 12.1 Å². The minimum absolute atomic E-state index is 0.0187. The number of allylic oxidation sites excluding steroid dienone is 2. The first-order chi connectivity index (χ1) is 12.9. The van der Waals surface area contributed by atoms with Crippen molar-refractivity contribution in [1.82, 2.24) is 0 Å². The van der Waals surface area contributed by atoms with E-state index in [1.54, 1.807) is 12.1 Å². The van der Waals surface area contributed by atoms with E-state index in [0.717, 1.165) is 51.0 Å². The molecule has 6 heteroatoms. The topological polar surface area (TPSA) is 115 Å². The van der Waals surface area contributed by atoms with E-state index >= 15 is 0 Å². The summed E-state index contributed by atoms with van der Waals surface area (Å²) in [5.74, 6) is -1.36. The van der Waals surface area contributed by atoms with Crippen LogP contribution in [0.3, 0.4) is 0 Å². The predicted octanol–water partition coefficient (Wildman–Crippen LogP) is 3.90. The van der Waals surface area contributed by atoms with Gasteiger partial charge >= 0.3 is 5.97 Å². The van der Waals surface area contributed by atoms with Crippen molar-refractivity contribution in [3.63, 3.8) is 0 Å². The minimum atomic E-state index is -1.22. The van der Waals surface area contributed by atoms with Crippen molar-refractivity contribution in [2.24, 2.45) is 0 Å². The predicted molar refractivity (Wildman–Crippen MR) is 103 cm³/mol. The Bertz CT molecular complexity index is 606. The number of aliphatic carboxylic acids is 1. The molecule has 0 aliphatic rings. The molecule has 1 atom stereocenters. The van der Waals surface area contributed by atoms with Gasteiger partial charge in [-0.25, -0.2) is 0 Å². The number of carbonyl (C=O) groups excluding carboxylic acids is 1. The van der Waals surface area contributed by atoms with Crippen LogP contribution in [0, 0.1) is 0 Å². The van der Waals surface area contributed by atoms with E-state index in [1.165, 1.54) is 5.56 Å². The summed E-state index contributed by atoms with van der Waals surface area (Å²) in [5, 5.41) is 36.9. The summed E-state index contributed by atoms with van der Waals surface area (Å²) in [5.41, 5.74) is 1.22. The second kappa shape index (κ2) is 12.9. The van der Waals surface area contributed by atoms with Gasteiger partial charge in [-0.15, -0.1) is 0 Å². The molecule has 0 aromatic heterocycles. The number of carboxylic acid groups (broad SMARTS) is 1. The van der Waals surface area contributed by atoms with Gasteiger partial charge in [-0.1, -0.05) is 37.8 Å². The van der Waals surface area contributed by atoms with Gasteiger partial charge in [-0.2, -0.15) is 0 Å². The summed E-state index contributed by atoms with van der Waals surface area (Å²) < 4.78 is 0. The van der Waals surface area contributed by atoms with Crippen LogP contribution in [0.4, 0.5) is 0 Å². The molecule has 150 valence electrons. The number of aryl methyl sites for hydroxylation is 1. The van der Waals surface area contributed by atoms with Gasteiger partial charge in [0.05, 0.1) is 18.3 Å². The van der Waals surface area contributed by atoms with E-state index in [-0.39, 0.29) is 17.9 Å². The summed E-state index contributed by atoms with van der Waals surface area (Å²) in [6, 6.07) is 7.28. The molecule has 0 aliphatic carbocycles. The summed E-state index contributed by atoms with van der Waals surface area (Å²) in [7, 11) is 0. The van der Waals surface area contributed by atoms with Crippen LogP contribution in [0.2, 0.25) is 0 Å². The standard InChI is InChI=1S/C21H30O6/c22-17-11-9-16(10-12-17)7-5-3-1-2-4-6-8-18(23)13-19(24)14-20(25)15-21(26)27/h9-13,20,22-23,25H,1-8,14-15H2,(H,26,27)/b18-13-/t20-/m0/s1. The highest BCUT2D eigenvalue weighted by molar-refractivity contribution is 5.90. The molecule has 0 saturated heterocycles. The first-order valence-corrected chi connectivity index (χ1v) is 9.47. The minimum Gasteiger partial charge on any atom is -0.512 e. The van der Waals surface area contributed by atoms with Gasteiger partial charge in [-0.05, 0) is 37.0 Å². The molecular formula is C21H30O6. The number of carboxylic acids is 1. The Balaban J connectivity index is 2.05. The smallest absolute Gasteiger partial charge is 0.305 e. The molecular weight excluding hydrogens is 348 g/mol. The fraction of sp³-hybridized carbons (Fsp3) is 0.524. The third-order valence-electron chi connectivity index (χ3n) is 4.26. The molecule has 0 fully saturated rings. The number of unbranched alkanes of at least 4 members (excludes halogenated alkanes) is 5. The van der Waals surface area contributed by atoms with Crippen LogP contribution in [0.25, 0.3) is 0 Å². The number of aliphatic hydroxyl groups excluding tert-OH is 2. The van der Waals surface area contributed by atoms with Gasteiger partial charge in [0.15, 0.2) is 5.78 Å². The van der Waals surface area contributed by atoms with Crippen LogP contribution >= 0.6 is 0 Å². The summed E-state index contributed by atoms with van der Waals surface area (Å²) in [4.78, 5) is 22.0. The third kappa shape index (κ3) is 11.8. The van der Waals surface area contributed by atoms with Crippen LogP contribution in [0.5, 0.6) is 5.75 Å². The summed E-state index contributed by atoms with van der Waals surface area (Å²) >= 11 is 0. The third-order valence-corrected chi connectivity index (χ3v) is 4.26. The molecule has 0 bridgehead atoms. The van der Waals surface area contributed by atoms with E-state index in [9.17, 15) is 24.9 Å². The molecule has 0 unspecified atom stereocenters. The average molecular weight is 378 g/mol. The Morgan fingerprint density at radius 3 is 2.11 bits per heavy atom. The van der Waals surface area contributed by atoms with E-state index < -0.39 is 24.3 Å². The van der Waals surface area contributed by atoms with E-state index in [4.69, 9.17) is 5.11 Å². The zero-order valence-corrected chi connectivity index (χ0v) is 15.6. The lowest BCUT2D eigenvalue weighted by Crippen LogP contribution is -2.16. The van der Waals surface area contributed by atoms with Crippen LogP contribution in [-0.4, -0.2) is 38.3 Å². The molecule has 0 spiro atoms. The monoisotopic (exact) mass is 378 g/mol. The Hall–Kier alpha value is -2.34. The van der Waals surface area contributed by atoms with Gasteiger partial charge in [0.25, 0.3) is 0 Å². The molecule has 0 radical (unpaired) electrons. The lowest BCUT2D eigenvalue weighted by Gasteiger charge is -2.05. The number of carbonyl (C=O) groups is 2. The molecule has 0 heterocycles. The number of benzene rings is 1. The van der Waals surface area contributed by atoms with Crippen molar-refractivity contribution >= 4 is 11.8 Å². The number of phenolic OH excluding ortho intramolecular Hbond substituents is 1. The van der Waals surface area contributed by atoms with Crippen molar-refractivity contribution in [1.29, 1.82) is 0 Å². The first kappa shape index (κ1) is 22.7. The van der Waals surface area contributed by atoms with Gasteiger partial charge < -0.3 is 20.4 Å². The Labute approximate surface area is 160 Å². The molecule has 0 saturated carbocycles. The molecule has 0 aliphatic heterocycles. The van der Waals surface area contributed by atoms with Crippen LogP contribution in [0.1, 0.15) is 63.4 Å². The van der Waals surface area contributed by atoms with Gasteiger partial charge in [0.2, 0.25) is 0 Å². The SMILES string of the molecule is O=C(O)C[C@@H](O)CC(=O)/C=C(\O)CCCCCCCCc1ccc(O)cc1. The Morgan fingerprint density at radius 2 is 1.48 bits per heavy atom. The molecule has 4 N–H and O–H groups in total. The van der Waals surface area contributed by atoms with Crippen LogP contribution < -0.4 is 0 Å². The fourth-order valence-electron chi connectivity index (χ4n) is 2.83. The van der Waals surface area contributed by atoms with E-state index in [2.05, 4.69) is 0 Å². The van der Waals surface area contributed by atoms with Crippen molar-refractivity contribution in [3.8, 4) is 5.75 Å². The maximum Gasteiger partial charge on any atom is 0.305 e. The maximum atomic E-state index is 11.6. The maximum absolute atomic E-state index is 11.6. The second-order valence-electron chi connectivity index (χ2n) is 6.85. The van der Waals surface area contributed by atoms with Gasteiger partial charge in [0, 0.05) is 18.9 Å². The summed E-state index contributed by atoms with van der Waals surface area (Å²) in [6.45, 7) is 0. The molecule has 6 nitrogen and oxygen atoms in total. The Kier molecular flexibility index (Phi) is 10.9. The van der Waals surface area contributed by atoms with E-state index in [0.29, 0.717) is 6.42 Å². The van der Waals surface area contributed by atoms with Crippen molar-refractivity contribution < 1.29 is 30.0 Å². The van der Waals surface area contributed by atoms with Crippen LogP contribution in [-0.2, 0) is 16.0 Å². The number of ketones is 1. The fourth-order valence-corrected chi connectivity index (χ4v) is 2.83. The number of aliphatic hydroxyl groups is 2. The first-order valence-electron chi connectivity index (χ1n) is 9.47. The van der Waals surface area contributed by atoms with Crippen molar-refractivity contribution in [3.05, 3.63) is 41.7 Å². The zero-order valence-electron chi connectivity index (χ0n) is 15.6. The molecule has 1 rings (SSSR count). The highest BCUT2D eigenvalue weighted by Crippen LogP contribution is 2.14. The Morgan fingerprint density at radius 1 is 0.889 bits per heavy atom. The average Bonchev–Trinajstić information content (AvgIpc) is 2.57.